The number of pyridine rings is 1. The van der Waals surface area contributed by atoms with Gasteiger partial charge in [-0.15, -0.1) is 5.23 Å². The number of aromatic nitrogens is 1. The summed E-state index contributed by atoms with van der Waals surface area (Å²) >= 11 is 3.30. The maximum absolute atomic E-state index is 12.0. The zero-order valence-corrected chi connectivity index (χ0v) is 14.0. The summed E-state index contributed by atoms with van der Waals surface area (Å²) in [6, 6.07) is 9.32. The summed E-state index contributed by atoms with van der Waals surface area (Å²) < 4.78 is 11.7. The van der Waals surface area contributed by atoms with Crippen LogP contribution in [0.25, 0.3) is 0 Å². The molecule has 1 aromatic heterocycles. The number of hydrogen-bond acceptors (Lipinski definition) is 7. The van der Waals surface area contributed by atoms with E-state index in [1.807, 2.05) is 6.07 Å². The Morgan fingerprint density at radius 3 is 2.50 bits per heavy atom. The Morgan fingerprint density at radius 1 is 1.21 bits per heavy atom. The van der Waals surface area contributed by atoms with E-state index in [1.54, 1.807) is 12.3 Å². The van der Waals surface area contributed by atoms with Crippen molar-refractivity contribution in [1.29, 1.82) is 0 Å². The van der Waals surface area contributed by atoms with Crippen LogP contribution in [-0.4, -0.2) is 45.6 Å². The monoisotopic (exact) mass is 395 g/mol. The van der Waals surface area contributed by atoms with Crippen LogP contribution < -0.4 is 14.7 Å². The van der Waals surface area contributed by atoms with Gasteiger partial charge in [-0.1, -0.05) is 0 Å². The molecule has 1 amide bonds. The molecule has 0 unspecified atom stereocenters. The van der Waals surface area contributed by atoms with Crippen molar-refractivity contribution < 1.29 is 24.7 Å². The Labute approximate surface area is 145 Å². The van der Waals surface area contributed by atoms with Crippen LogP contribution in [-0.2, 0) is 0 Å². The van der Waals surface area contributed by atoms with Gasteiger partial charge in [-0.25, -0.2) is 9.78 Å². The molecule has 0 aliphatic carbocycles. The highest BCUT2D eigenvalue weighted by molar-refractivity contribution is 9.10. The molecule has 9 heteroatoms. The van der Waals surface area contributed by atoms with Crippen molar-refractivity contribution in [1.82, 2.24) is 9.88 Å². The second kappa shape index (κ2) is 7.04. The number of likely N-dealkylation sites (tertiary alicyclic amines) is 1. The number of anilines is 1. The van der Waals surface area contributed by atoms with Gasteiger partial charge in [0, 0.05) is 16.7 Å². The Hall–Kier alpha value is -2.36. The first-order valence-corrected chi connectivity index (χ1v) is 7.83. The van der Waals surface area contributed by atoms with Gasteiger partial charge < -0.3 is 14.4 Å². The number of carbonyl (C=O) groups excluding carboxylic acids is 1. The summed E-state index contributed by atoms with van der Waals surface area (Å²) in [5.74, 6) is 0.814. The molecule has 1 aliphatic heterocycles. The second-order valence-electron chi connectivity index (χ2n) is 5.11. The van der Waals surface area contributed by atoms with Crippen LogP contribution in [0, 0.1) is 0 Å². The predicted octanol–water partition coefficient (Wildman–Crippen LogP) is 2.69. The summed E-state index contributed by atoms with van der Waals surface area (Å²) in [5.41, 5.74) is 0.161. The summed E-state index contributed by atoms with van der Waals surface area (Å²) in [6.45, 7) is 0.825. The van der Waals surface area contributed by atoms with Crippen LogP contribution >= 0.6 is 15.9 Å². The first kappa shape index (κ1) is 16.5. The highest BCUT2D eigenvalue weighted by Crippen LogP contribution is 2.21. The van der Waals surface area contributed by atoms with Crippen molar-refractivity contribution in [3.63, 3.8) is 0 Å². The van der Waals surface area contributed by atoms with Crippen molar-refractivity contribution in [2.24, 2.45) is 0 Å². The maximum atomic E-state index is 12.0. The highest BCUT2D eigenvalue weighted by Gasteiger charge is 2.34. The van der Waals surface area contributed by atoms with Crippen molar-refractivity contribution in [3.8, 4) is 11.6 Å². The summed E-state index contributed by atoms with van der Waals surface area (Å²) in [6.07, 6.45) is 1.03. The number of benzene rings is 1. The molecule has 8 nitrogen and oxygen atoms in total. The molecule has 2 heterocycles. The standard InChI is InChI=1S/C15H14BrN3O5/c16-10-1-6-14(17-7-10)23-13-8-18(9-13)15(20)24-12-4-2-11(3-5-12)19(21)22/h1-7,13,21-22H,8-9H2. The average Bonchev–Trinajstić information content (AvgIpc) is 2.52. The van der Waals surface area contributed by atoms with Gasteiger partial charge in [0.15, 0.2) is 0 Å². The number of halogens is 1. The molecular formula is C15H14BrN3O5. The molecule has 0 spiro atoms. The van der Waals surface area contributed by atoms with E-state index in [-0.39, 0.29) is 17.0 Å². The zero-order valence-electron chi connectivity index (χ0n) is 12.4. The summed E-state index contributed by atoms with van der Waals surface area (Å²) in [7, 11) is 0. The lowest BCUT2D eigenvalue weighted by atomic mass is 10.2. The summed E-state index contributed by atoms with van der Waals surface area (Å²) in [5, 5.41) is 17.7. The number of carbonyl (C=O) groups is 1. The molecule has 1 saturated heterocycles. The Morgan fingerprint density at radius 2 is 1.92 bits per heavy atom. The molecule has 1 aromatic carbocycles. The summed E-state index contributed by atoms with van der Waals surface area (Å²) in [4.78, 5) is 17.6. The Bertz CT molecular complexity index is 702. The van der Waals surface area contributed by atoms with Crippen LogP contribution in [0.4, 0.5) is 10.5 Å². The van der Waals surface area contributed by atoms with Gasteiger partial charge in [-0.05, 0) is 46.3 Å². The van der Waals surface area contributed by atoms with E-state index in [4.69, 9.17) is 19.9 Å². The molecule has 2 N–H and O–H groups in total. The van der Waals surface area contributed by atoms with Gasteiger partial charge in [0.05, 0.1) is 18.8 Å². The van der Waals surface area contributed by atoms with E-state index in [0.717, 1.165) is 4.47 Å². The van der Waals surface area contributed by atoms with Crippen LogP contribution in [0.5, 0.6) is 11.6 Å². The number of ether oxygens (including phenoxy) is 2. The Kier molecular flexibility index (Phi) is 4.84. The molecule has 2 aromatic rings. The number of hydrogen-bond donors (Lipinski definition) is 2. The molecule has 3 rings (SSSR count). The smallest absolute Gasteiger partial charge is 0.415 e. The topological polar surface area (TPSA) is 95.4 Å². The number of nitrogens with zero attached hydrogens (tertiary/aromatic N) is 3. The van der Waals surface area contributed by atoms with E-state index in [1.165, 1.54) is 29.2 Å². The van der Waals surface area contributed by atoms with Gasteiger partial charge in [-0.2, -0.15) is 0 Å². The first-order valence-electron chi connectivity index (χ1n) is 7.04. The number of amides is 1. The lowest BCUT2D eigenvalue weighted by Crippen LogP contribution is -2.57. The third kappa shape index (κ3) is 3.94. The molecule has 24 heavy (non-hydrogen) atoms. The minimum atomic E-state index is -0.490. The quantitative estimate of drug-likeness (QED) is 0.768. The second-order valence-corrected chi connectivity index (χ2v) is 6.03. The third-order valence-electron chi connectivity index (χ3n) is 3.37. The fourth-order valence-electron chi connectivity index (χ4n) is 2.08. The van der Waals surface area contributed by atoms with Crippen molar-refractivity contribution in [2.45, 2.75) is 6.10 Å². The fraction of sp³-hybridized carbons (Fsp3) is 0.200. The molecule has 0 radical (unpaired) electrons. The van der Waals surface area contributed by atoms with E-state index in [0.29, 0.717) is 24.7 Å². The molecule has 1 aliphatic rings. The molecule has 126 valence electrons. The van der Waals surface area contributed by atoms with Crippen LogP contribution in [0.2, 0.25) is 0 Å². The van der Waals surface area contributed by atoms with Crippen molar-refractivity contribution >= 4 is 27.7 Å². The SMILES string of the molecule is O=C(Oc1ccc(N(O)O)cc1)N1CC(Oc2ccc(Br)cn2)C1. The van der Waals surface area contributed by atoms with Crippen LogP contribution in [0.3, 0.4) is 0 Å². The van der Waals surface area contributed by atoms with Gasteiger partial charge in [-0.3, -0.25) is 10.4 Å². The van der Waals surface area contributed by atoms with Gasteiger partial charge in [0.1, 0.15) is 11.9 Å². The molecule has 0 saturated carbocycles. The minimum absolute atomic E-state index is 0.0148. The van der Waals surface area contributed by atoms with Crippen molar-refractivity contribution in [2.75, 3.05) is 18.3 Å². The van der Waals surface area contributed by atoms with Crippen LogP contribution in [0.15, 0.2) is 47.1 Å². The highest BCUT2D eigenvalue weighted by atomic mass is 79.9. The fourth-order valence-corrected chi connectivity index (χ4v) is 2.31. The van der Waals surface area contributed by atoms with E-state index in [9.17, 15) is 4.79 Å². The lowest BCUT2D eigenvalue weighted by Gasteiger charge is -2.37. The largest absolute Gasteiger partial charge is 0.471 e. The Balaban J connectivity index is 1.47. The van der Waals surface area contributed by atoms with E-state index < -0.39 is 6.09 Å². The molecule has 0 bridgehead atoms. The molecule has 1 fully saturated rings. The minimum Gasteiger partial charge on any atom is -0.471 e. The molecule has 0 atom stereocenters. The molecular weight excluding hydrogens is 382 g/mol. The number of rotatable bonds is 4. The van der Waals surface area contributed by atoms with E-state index in [2.05, 4.69) is 20.9 Å². The predicted molar refractivity (Wildman–Crippen MR) is 86.4 cm³/mol. The van der Waals surface area contributed by atoms with Gasteiger partial charge in [0.2, 0.25) is 5.88 Å². The van der Waals surface area contributed by atoms with Crippen LogP contribution in [0.1, 0.15) is 0 Å². The third-order valence-corrected chi connectivity index (χ3v) is 3.84. The maximum Gasteiger partial charge on any atom is 0.415 e. The zero-order chi connectivity index (χ0) is 17.1. The lowest BCUT2D eigenvalue weighted by molar-refractivity contribution is 0.0257. The van der Waals surface area contributed by atoms with Gasteiger partial charge >= 0.3 is 6.09 Å². The normalized spacial score (nSPS) is 14.0. The van der Waals surface area contributed by atoms with Gasteiger partial charge in [0.25, 0.3) is 0 Å². The van der Waals surface area contributed by atoms with Crippen molar-refractivity contribution in [3.05, 3.63) is 47.1 Å². The van der Waals surface area contributed by atoms with E-state index >= 15 is 0 Å². The average molecular weight is 396 g/mol. The first-order chi connectivity index (χ1) is 11.5.